The van der Waals surface area contributed by atoms with Crippen LogP contribution in [0, 0.1) is 5.92 Å². The Hall–Kier alpha value is -1.40. The van der Waals surface area contributed by atoms with Crippen molar-refractivity contribution in [3.05, 3.63) is 17.5 Å². The summed E-state index contributed by atoms with van der Waals surface area (Å²) >= 11 is 0. The van der Waals surface area contributed by atoms with Crippen LogP contribution in [0.15, 0.2) is 10.6 Å². The van der Waals surface area contributed by atoms with Gasteiger partial charge >= 0.3 is 0 Å². The minimum absolute atomic E-state index is 0.209. The molecule has 0 atom stereocenters. The number of hydrazine groups is 1. The first-order valence-corrected chi connectivity index (χ1v) is 6.14. The second-order valence-corrected chi connectivity index (χ2v) is 5.07. The largest absolute Gasteiger partial charge is 0.359 e. The number of nitrogens with two attached hydrogens (primary N) is 1. The van der Waals surface area contributed by atoms with Crippen LogP contribution in [-0.2, 0) is 6.54 Å². The van der Waals surface area contributed by atoms with Gasteiger partial charge in [0, 0.05) is 18.7 Å². The van der Waals surface area contributed by atoms with Gasteiger partial charge in [0.25, 0.3) is 5.91 Å². The number of carbonyl (C=O) groups is 1. The first-order chi connectivity index (χ1) is 8.43. The molecule has 0 aliphatic carbocycles. The van der Waals surface area contributed by atoms with Crippen molar-refractivity contribution in [2.45, 2.75) is 40.3 Å². The zero-order chi connectivity index (χ0) is 13.7. The second-order valence-electron chi connectivity index (χ2n) is 5.07. The lowest BCUT2D eigenvalue weighted by Gasteiger charge is -2.26. The molecule has 0 radical (unpaired) electrons. The highest BCUT2D eigenvalue weighted by atomic mass is 16.5. The zero-order valence-electron chi connectivity index (χ0n) is 11.4. The Balaban J connectivity index is 2.69. The maximum Gasteiger partial charge on any atom is 0.287 e. The van der Waals surface area contributed by atoms with Gasteiger partial charge in [-0.05, 0) is 19.8 Å². The summed E-state index contributed by atoms with van der Waals surface area (Å²) in [6.07, 6.45) is 0. The van der Waals surface area contributed by atoms with Crippen molar-refractivity contribution in [3.8, 4) is 0 Å². The number of nitrogens with zero attached hydrogens (tertiary/aromatic N) is 2. The number of hydrogen-bond donors (Lipinski definition) is 2. The van der Waals surface area contributed by atoms with Crippen LogP contribution in [0.25, 0.3) is 0 Å². The van der Waals surface area contributed by atoms with Crippen LogP contribution in [0.2, 0.25) is 0 Å². The van der Waals surface area contributed by atoms with Crippen molar-refractivity contribution >= 4 is 5.91 Å². The minimum Gasteiger partial charge on any atom is -0.359 e. The highest BCUT2D eigenvalue weighted by Crippen LogP contribution is 2.12. The molecule has 0 spiro atoms. The Kier molecular flexibility index (Phi) is 5.30. The fourth-order valence-corrected chi connectivity index (χ4v) is 1.70. The molecule has 1 rings (SSSR count). The molecular formula is C12H22N4O2. The van der Waals surface area contributed by atoms with E-state index >= 15 is 0 Å². The van der Waals surface area contributed by atoms with Crippen molar-refractivity contribution in [2.24, 2.45) is 11.8 Å². The number of carbonyl (C=O) groups excluding carboxylic acids is 1. The highest BCUT2D eigenvalue weighted by molar-refractivity contribution is 5.91. The zero-order valence-corrected chi connectivity index (χ0v) is 11.4. The van der Waals surface area contributed by atoms with E-state index in [1.807, 2.05) is 5.43 Å². The minimum atomic E-state index is -0.440. The molecule has 0 aliphatic heterocycles. The van der Waals surface area contributed by atoms with Crippen molar-refractivity contribution in [3.63, 3.8) is 0 Å². The summed E-state index contributed by atoms with van der Waals surface area (Å²) in [6, 6.07) is 2.03. The van der Waals surface area contributed by atoms with Gasteiger partial charge in [0.2, 0.25) is 0 Å². The summed E-state index contributed by atoms with van der Waals surface area (Å²) in [5, 5.41) is 3.68. The van der Waals surface area contributed by atoms with Crippen molar-refractivity contribution in [2.75, 3.05) is 6.54 Å². The lowest BCUT2D eigenvalue weighted by Crippen LogP contribution is -2.33. The van der Waals surface area contributed by atoms with E-state index in [2.05, 4.69) is 37.8 Å². The smallest absolute Gasteiger partial charge is 0.287 e. The topological polar surface area (TPSA) is 84.4 Å². The van der Waals surface area contributed by atoms with Crippen LogP contribution in [0.4, 0.5) is 0 Å². The van der Waals surface area contributed by atoms with Gasteiger partial charge in [-0.2, -0.15) is 0 Å². The van der Waals surface area contributed by atoms with E-state index in [1.54, 1.807) is 6.07 Å². The fourth-order valence-electron chi connectivity index (χ4n) is 1.70. The average Bonchev–Trinajstić information content (AvgIpc) is 2.75. The highest BCUT2D eigenvalue weighted by Gasteiger charge is 2.16. The van der Waals surface area contributed by atoms with E-state index in [9.17, 15) is 4.79 Å². The molecule has 6 heteroatoms. The van der Waals surface area contributed by atoms with Gasteiger partial charge in [0.1, 0.15) is 0 Å². The Bertz CT molecular complexity index is 387. The third-order valence-electron chi connectivity index (χ3n) is 2.61. The number of rotatable bonds is 6. The van der Waals surface area contributed by atoms with E-state index in [-0.39, 0.29) is 5.69 Å². The van der Waals surface area contributed by atoms with Gasteiger partial charge < -0.3 is 4.52 Å². The van der Waals surface area contributed by atoms with E-state index in [0.29, 0.717) is 24.3 Å². The Morgan fingerprint density at radius 1 is 1.50 bits per heavy atom. The third-order valence-corrected chi connectivity index (χ3v) is 2.61. The predicted octanol–water partition coefficient (Wildman–Crippen LogP) is 1.14. The molecule has 1 aromatic rings. The van der Waals surface area contributed by atoms with Crippen molar-refractivity contribution in [1.29, 1.82) is 0 Å². The molecule has 0 bridgehead atoms. The van der Waals surface area contributed by atoms with Gasteiger partial charge in [-0.25, -0.2) is 5.84 Å². The van der Waals surface area contributed by atoms with E-state index in [0.717, 1.165) is 6.54 Å². The molecule has 102 valence electrons. The SMILES string of the molecule is CC(C)CN(Cc1cc(C(=O)NN)no1)C(C)C. The van der Waals surface area contributed by atoms with E-state index in [4.69, 9.17) is 10.4 Å². The number of hydrogen-bond acceptors (Lipinski definition) is 5. The third kappa shape index (κ3) is 4.12. The van der Waals surface area contributed by atoms with Crippen LogP contribution < -0.4 is 11.3 Å². The molecule has 0 saturated carbocycles. The van der Waals surface area contributed by atoms with Gasteiger partial charge in [0.05, 0.1) is 6.54 Å². The number of nitrogen functional groups attached to an aromatic ring is 1. The Morgan fingerprint density at radius 3 is 2.67 bits per heavy atom. The molecule has 3 N–H and O–H groups in total. The number of amides is 1. The maximum absolute atomic E-state index is 11.3. The summed E-state index contributed by atoms with van der Waals surface area (Å²) < 4.78 is 5.14. The molecule has 1 aromatic heterocycles. The van der Waals surface area contributed by atoms with Crippen LogP contribution in [0.1, 0.15) is 43.9 Å². The molecule has 0 saturated heterocycles. The fraction of sp³-hybridized carbons (Fsp3) is 0.667. The first kappa shape index (κ1) is 14.7. The Labute approximate surface area is 107 Å². The summed E-state index contributed by atoms with van der Waals surface area (Å²) in [4.78, 5) is 13.5. The van der Waals surface area contributed by atoms with Gasteiger partial charge in [-0.15, -0.1) is 0 Å². The second kappa shape index (κ2) is 6.51. The van der Waals surface area contributed by atoms with Crippen LogP contribution >= 0.6 is 0 Å². The first-order valence-electron chi connectivity index (χ1n) is 6.14. The van der Waals surface area contributed by atoms with E-state index in [1.165, 1.54) is 0 Å². The standard InChI is InChI=1S/C12H22N4O2/c1-8(2)6-16(9(3)4)7-10-5-11(15-18-10)12(17)14-13/h5,8-9H,6-7,13H2,1-4H3,(H,14,17). The summed E-state index contributed by atoms with van der Waals surface area (Å²) in [6.45, 7) is 10.2. The molecule has 1 amide bonds. The molecule has 0 unspecified atom stereocenters. The Morgan fingerprint density at radius 2 is 2.17 bits per heavy atom. The van der Waals surface area contributed by atoms with Gasteiger partial charge in [0.15, 0.2) is 11.5 Å². The van der Waals surface area contributed by atoms with Gasteiger partial charge in [-0.3, -0.25) is 15.1 Å². The molecule has 0 aliphatic rings. The monoisotopic (exact) mass is 254 g/mol. The molecule has 18 heavy (non-hydrogen) atoms. The summed E-state index contributed by atoms with van der Waals surface area (Å²) in [7, 11) is 0. The van der Waals surface area contributed by atoms with Crippen molar-refractivity contribution < 1.29 is 9.32 Å². The van der Waals surface area contributed by atoms with Crippen LogP contribution in [0.5, 0.6) is 0 Å². The predicted molar refractivity (Wildman–Crippen MR) is 68.5 cm³/mol. The molecule has 1 heterocycles. The maximum atomic E-state index is 11.3. The van der Waals surface area contributed by atoms with Crippen LogP contribution in [0.3, 0.4) is 0 Å². The molecule has 6 nitrogen and oxygen atoms in total. The lowest BCUT2D eigenvalue weighted by molar-refractivity contribution is 0.0944. The number of aromatic nitrogens is 1. The number of nitrogens with one attached hydrogen (secondary N) is 1. The molecular weight excluding hydrogens is 232 g/mol. The summed E-state index contributed by atoms with van der Waals surface area (Å²) in [5.74, 6) is 5.84. The quantitative estimate of drug-likeness (QED) is 0.452. The van der Waals surface area contributed by atoms with Crippen molar-refractivity contribution in [1.82, 2.24) is 15.5 Å². The summed E-state index contributed by atoms with van der Waals surface area (Å²) in [5.41, 5.74) is 2.24. The van der Waals surface area contributed by atoms with Crippen LogP contribution in [-0.4, -0.2) is 28.6 Å². The normalized spacial score (nSPS) is 11.6. The average molecular weight is 254 g/mol. The molecule has 0 aromatic carbocycles. The molecule has 0 fully saturated rings. The van der Waals surface area contributed by atoms with E-state index < -0.39 is 5.91 Å². The van der Waals surface area contributed by atoms with Gasteiger partial charge in [-0.1, -0.05) is 19.0 Å². The lowest BCUT2D eigenvalue weighted by atomic mass is 10.1.